The second-order valence-corrected chi connectivity index (χ2v) is 5.63. The third kappa shape index (κ3) is 3.60. The molecule has 2 rings (SSSR count). The molecule has 2 aromatic rings. The van der Waals surface area contributed by atoms with E-state index in [0.717, 1.165) is 0 Å². The van der Waals surface area contributed by atoms with E-state index in [0.29, 0.717) is 25.9 Å². The van der Waals surface area contributed by atoms with Crippen LogP contribution >= 0.6 is 50.7 Å². The Labute approximate surface area is 133 Å². The van der Waals surface area contributed by atoms with Gasteiger partial charge in [-0.25, -0.2) is 4.98 Å². The number of aromatic nitrogens is 1. The Bertz CT molecular complexity index is 649. The Hall–Kier alpha value is -0.810. The van der Waals surface area contributed by atoms with Crippen molar-refractivity contribution in [3.8, 4) is 0 Å². The number of carbonyl (C=O) groups is 1. The molecular formula is C12H6BrCl3N2O. The number of nitrogens with zero attached hydrogens (tertiary/aromatic N) is 1. The Morgan fingerprint density at radius 2 is 1.95 bits per heavy atom. The molecule has 0 saturated carbocycles. The van der Waals surface area contributed by atoms with Gasteiger partial charge in [-0.2, -0.15) is 0 Å². The lowest BCUT2D eigenvalue weighted by Crippen LogP contribution is -2.12. The first-order chi connectivity index (χ1) is 8.97. The summed E-state index contributed by atoms with van der Waals surface area (Å²) in [7, 11) is 0. The van der Waals surface area contributed by atoms with Gasteiger partial charge in [-0.05, 0) is 40.2 Å². The quantitative estimate of drug-likeness (QED) is 0.740. The maximum atomic E-state index is 12.0. The van der Waals surface area contributed by atoms with Gasteiger partial charge in [-0.15, -0.1) is 0 Å². The average Bonchev–Trinajstić information content (AvgIpc) is 2.33. The van der Waals surface area contributed by atoms with Gasteiger partial charge in [0.05, 0.1) is 26.9 Å². The lowest BCUT2D eigenvalue weighted by Gasteiger charge is -2.07. The number of benzene rings is 1. The fourth-order valence-corrected chi connectivity index (χ4v) is 2.31. The molecular weight excluding hydrogens is 374 g/mol. The van der Waals surface area contributed by atoms with Gasteiger partial charge in [0.2, 0.25) is 0 Å². The van der Waals surface area contributed by atoms with Crippen LogP contribution in [0, 0.1) is 0 Å². The summed E-state index contributed by atoms with van der Waals surface area (Å²) in [5, 5.41) is 3.74. The number of rotatable bonds is 2. The van der Waals surface area contributed by atoms with Crippen LogP contribution in [0.4, 0.5) is 5.69 Å². The summed E-state index contributed by atoms with van der Waals surface area (Å²) in [5.41, 5.74) is 0.837. The number of nitrogens with one attached hydrogen (secondary N) is 1. The van der Waals surface area contributed by atoms with E-state index in [-0.39, 0.29) is 10.9 Å². The molecule has 1 N–H and O–H groups in total. The van der Waals surface area contributed by atoms with Gasteiger partial charge in [0.1, 0.15) is 5.15 Å². The minimum atomic E-state index is -0.349. The average molecular weight is 380 g/mol. The summed E-state index contributed by atoms with van der Waals surface area (Å²) < 4.78 is 0.592. The fraction of sp³-hybridized carbons (Fsp3) is 0. The van der Waals surface area contributed by atoms with Crippen molar-refractivity contribution in [3.63, 3.8) is 0 Å². The third-order valence-electron chi connectivity index (χ3n) is 2.23. The van der Waals surface area contributed by atoms with Gasteiger partial charge in [0.25, 0.3) is 5.91 Å². The molecule has 0 saturated heterocycles. The van der Waals surface area contributed by atoms with Crippen LogP contribution in [-0.2, 0) is 0 Å². The second-order valence-electron chi connectivity index (χ2n) is 3.57. The van der Waals surface area contributed by atoms with Crippen molar-refractivity contribution >= 4 is 62.3 Å². The van der Waals surface area contributed by atoms with Crippen molar-refractivity contribution in [1.82, 2.24) is 4.98 Å². The first kappa shape index (κ1) is 14.6. The van der Waals surface area contributed by atoms with E-state index in [1.165, 1.54) is 12.3 Å². The van der Waals surface area contributed by atoms with Crippen LogP contribution in [-0.4, -0.2) is 10.9 Å². The van der Waals surface area contributed by atoms with Crippen LogP contribution in [0.3, 0.4) is 0 Å². The van der Waals surface area contributed by atoms with E-state index in [9.17, 15) is 4.79 Å². The molecule has 1 amide bonds. The SMILES string of the molecule is O=C(Nc1cnc(Cl)c(Br)c1)c1ccc(Cl)cc1Cl. The topological polar surface area (TPSA) is 42.0 Å². The Morgan fingerprint density at radius 1 is 1.21 bits per heavy atom. The van der Waals surface area contributed by atoms with Crippen molar-refractivity contribution in [2.24, 2.45) is 0 Å². The van der Waals surface area contributed by atoms with Gasteiger partial charge >= 0.3 is 0 Å². The van der Waals surface area contributed by atoms with Crippen LogP contribution in [0.1, 0.15) is 10.4 Å². The highest BCUT2D eigenvalue weighted by atomic mass is 79.9. The molecule has 0 bridgehead atoms. The summed E-state index contributed by atoms with van der Waals surface area (Å²) in [6.07, 6.45) is 1.45. The smallest absolute Gasteiger partial charge is 0.257 e. The van der Waals surface area contributed by atoms with Gasteiger partial charge in [0.15, 0.2) is 0 Å². The highest BCUT2D eigenvalue weighted by molar-refractivity contribution is 9.10. The summed E-state index contributed by atoms with van der Waals surface area (Å²) in [6.45, 7) is 0. The van der Waals surface area contributed by atoms with Crippen molar-refractivity contribution in [2.75, 3.05) is 5.32 Å². The van der Waals surface area contributed by atoms with E-state index in [1.807, 2.05) is 0 Å². The lowest BCUT2D eigenvalue weighted by atomic mass is 10.2. The molecule has 0 atom stereocenters. The van der Waals surface area contributed by atoms with Crippen molar-refractivity contribution in [2.45, 2.75) is 0 Å². The molecule has 1 aromatic carbocycles. The van der Waals surface area contributed by atoms with E-state index < -0.39 is 0 Å². The van der Waals surface area contributed by atoms with Crippen LogP contribution in [0.2, 0.25) is 15.2 Å². The van der Waals surface area contributed by atoms with Gasteiger partial charge < -0.3 is 5.32 Å². The van der Waals surface area contributed by atoms with E-state index in [2.05, 4.69) is 26.2 Å². The van der Waals surface area contributed by atoms with Crippen molar-refractivity contribution in [1.29, 1.82) is 0 Å². The van der Waals surface area contributed by atoms with E-state index in [1.54, 1.807) is 18.2 Å². The van der Waals surface area contributed by atoms with E-state index >= 15 is 0 Å². The number of hydrogen-bond acceptors (Lipinski definition) is 2. The molecule has 0 unspecified atom stereocenters. The molecule has 19 heavy (non-hydrogen) atoms. The van der Waals surface area contributed by atoms with Crippen LogP contribution < -0.4 is 5.32 Å². The number of halogens is 4. The monoisotopic (exact) mass is 378 g/mol. The molecule has 0 spiro atoms. The second kappa shape index (κ2) is 6.09. The van der Waals surface area contributed by atoms with Crippen molar-refractivity contribution in [3.05, 3.63) is 55.7 Å². The summed E-state index contributed by atoms with van der Waals surface area (Å²) in [4.78, 5) is 15.9. The minimum absolute atomic E-state index is 0.283. The number of hydrogen-bond donors (Lipinski definition) is 1. The molecule has 98 valence electrons. The van der Waals surface area contributed by atoms with Crippen LogP contribution in [0.15, 0.2) is 34.9 Å². The molecule has 3 nitrogen and oxygen atoms in total. The normalized spacial score (nSPS) is 10.3. The number of pyridine rings is 1. The molecule has 0 aliphatic carbocycles. The lowest BCUT2D eigenvalue weighted by molar-refractivity contribution is 0.102. The van der Waals surface area contributed by atoms with E-state index in [4.69, 9.17) is 34.8 Å². The molecule has 1 heterocycles. The van der Waals surface area contributed by atoms with Crippen LogP contribution in [0.25, 0.3) is 0 Å². The Balaban J connectivity index is 2.23. The summed E-state index contributed by atoms with van der Waals surface area (Å²) in [6, 6.07) is 6.31. The predicted molar refractivity (Wildman–Crippen MR) is 81.4 cm³/mol. The molecule has 0 aliphatic rings. The number of amides is 1. The zero-order valence-corrected chi connectivity index (χ0v) is 13.1. The number of anilines is 1. The maximum Gasteiger partial charge on any atom is 0.257 e. The Morgan fingerprint density at radius 3 is 2.58 bits per heavy atom. The molecule has 0 fully saturated rings. The van der Waals surface area contributed by atoms with Gasteiger partial charge in [0, 0.05) is 5.02 Å². The zero-order valence-electron chi connectivity index (χ0n) is 9.25. The summed E-state index contributed by atoms with van der Waals surface area (Å²) >= 11 is 20.7. The third-order valence-corrected chi connectivity index (χ3v) is 3.91. The molecule has 0 radical (unpaired) electrons. The van der Waals surface area contributed by atoms with Crippen LogP contribution in [0.5, 0.6) is 0 Å². The first-order valence-corrected chi connectivity index (χ1v) is 6.97. The highest BCUT2D eigenvalue weighted by Gasteiger charge is 2.11. The Kier molecular flexibility index (Phi) is 4.68. The largest absolute Gasteiger partial charge is 0.321 e. The molecule has 7 heteroatoms. The van der Waals surface area contributed by atoms with Gasteiger partial charge in [-0.1, -0.05) is 34.8 Å². The minimum Gasteiger partial charge on any atom is -0.321 e. The number of carbonyl (C=O) groups excluding carboxylic acids is 1. The predicted octanol–water partition coefficient (Wildman–Crippen LogP) is 5.06. The summed E-state index contributed by atoms with van der Waals surface area (Å²) in [5.74, 6) is -0.349. The van der Waals surface area contributed by atoms with Crippen molar-refractivity contribution < 1.29 is 4.79 Å². The zero-order chi connectivity index (χ0) is 14.0. The molecule has 0 aliphatic heterocycles. The highest BCUT2D eigenvalue weighted by Crippen LogP contribution is 2.25. The maximum absolute atomic E-state index is 12.0. The first-order valence-electron chi connectivity index (χ1n) is 5.05. The fourth-order valence-electron chi connectivity index (χ4n) is 1.36. The molecule has 1 aromatic heterocycles. The van der Waals surface area contributed by atoms with Gasteiger partial charge in [-0.3, -0.25) is 4.79 Å². The standard InChI is InChI=1S/C12H6BrCl3N2O/c13-9-4-7(5-17-11(9)16)18-12(19)8-2-1-6(14)3-10(8)15/h1-5H,(H,18,19).